The van der Waals surface area contributed by atoms with Crippen LogP contribution in [0.25, 0.3) is 11.4 Å². The van der Waals surface area contributed by atoms with Gasteiger partial charge in [0, 0.05) is 42.6 Å². The summed E-state index contributed by atoms with van der Waals surface area (Å²) >= 11 is 1.82. The third-order valence-corrected chi connectivity index (χ3v) is 4.80. The Balaban J connectivity index is 1.64. The first kappa shape index (κ1) is 14.1. The van der Waals surface area contributed by atoms with Crippen LogP contribution in [0.2, 0.25) is 0 Å². The quantitative estimate of drug-likeness (QED) is 0.872. The van der Waals surface area contributed by atoms with Crippen LogP contribution in [0, 0.1) is 6.92 Å². The summed E-state index contributed by atoms with van der Waals surface area (Å²) in [5, 5.41) is 4.39. The first-order valence-corrected chi connectivity index (χ1v) is 7.83. The summed E-state index contributed by atoms with van der Waals surface area (Å²) in [6, 6.07) is 8.15. The van der Waals surface area contributed by atoms with E-state index in [4.69, 9.17) is 4.52 Å². The van der Waals surface area contributed by atoms with Crippen molar-refractivity contribution in [1.29, 1.82) is 0 Å². The molecule has 3 rings (SSSR count). The molecule has 1 atom stereocenters. The van der Waals surface area contributed by atoms with Gasteiger partial charge in [-0.15, -0.1) is 11.8 Å². The molecule has 6 heteroatoms. The van der Waals surface area contributed by atoms with Crippen LogP contribution in [0.5, 0.6) is 0 Å². The van der Waals surface area contributed by atoms with E-state index >= 15 is 0 Å². The fourth-order valence-corrected chi connectivity index (χ4v) is 3.56. The lowest BCUT2D eigenvalue weighted by Gasteiger charge is -2.13. The summed E-state index contributed by atoms with van der Waals surface area (Å²) in [5.74, 6) is 1.35. The minimum Gasteiger partial charge on any atom is -0.342 e. The number of carbonyl (C=O) groups excluding carboxylic acids is 1. The van der Waals surface area contributed by atoms with Crippen LogP contribution in [-0.2, 0) is 4.79 Å². The highest BCUT2D eigenvalue weighted by Crippen LogP contribution is 2.31. The molecule has 1 saturated heterocycles. The molecule has 0 radical (unpaired) electrons. The van der Waals surface area contributed by atoms with Crippen molar-refractivity contribution in [2.24, 2.45) is 0 Å². The van der Waals surface area contributed by atoms with Crippen LogP contribution in [0.3, 0.4) is 0 Å². The van der Waals surface area contributed by atoms with E-state index in [-0.39, 0.29) is 5.91 Å². The number of hydrogen-bond acceptors (Lipinski definition) is 5. The lowest BCUT2D eigenvalue weighted by Crippen LogP contribution is -2.26. The van der Waals surface area contributed by atoms with Crippen molar-refractivity contribution >= 4 is 17.7 Å². The van der Waals surface area contributed by atoms with E-state index < -0.39 is 0 Å². The lowest BCUT2D eigenvalue weighted by molar-refractivity contribution is -0.127. The summed E-state index contributed by atoms with van der Waals surface area (Å²) in [7, 11) is 0. The number of likely N-dealkylation sites (tertiary alicyclic amines) is 1. The second-order valence-electron chi connectivity index (χ2n) is 5.15. The summed E-state index contributed by atoms with van der Waals surface area (Å²) in [5.41, 5.74) is 0.952. The van der Waals surface area contributed by atoms with E-state index in [1.165, 1.54) is 4.90 Å². The van der Waals surface area contributed by atoms with Crippen LogP contribution in [0.4, 0.5) is 0 Å². The summed E-state index contributed by atoms with van der Waals surface area (Å²) < 4.78 is 4.99. The van der Waals surface area contributed by atoms with Gasteiger partial charge in [0.1, 0.15) is 0 Å². The number of thioether (sulfide) groups is 1. The molecule has 1 aromatic carbocycles. The molecule has 5 nitrogen and oxygen atoms in total. The average molecular weight is 303 g/mol. The topological polar surface area (TPSA) is 59.2 Å². The zero-order chi connectivity index (χ0) is 14.8. The molecule has 0 N–H and O–H groups in total. The van der Waals surface area contributed by atoms with Crippen molar-refractivity contribution in [2.75, 3.05) is 13.1 Å². The second kappa shape index (κ2) is 5.89. The van der Waals surface area contributed by atoms with E-state index in [1.807, 2.05) is 28.8 Å². The number of carbonyl (C=O) groups is 1. The van der Waals surface area contributed by atoms with Gasteiger partial charge in [-0.2, -0.15) is 4.98 Å². The predicted octanol–water partition coefficient (Wildman–Crippen LogP) is 2.76. The molecule has 0 saturated carbocycles. The highest BCUT2D eigenvalue weighted by atomic mass is 32.2. The van der Waals surface area contributed by atoms with Gasteiger partial charge in [-0.05, 0) is 30.7 Å². The third-order valence-electron chi connectivity index (χ3n) is 3.53. The Hall–Kier alpha value is -1.82. The van der Waals surface area contributed by atoms with Gasteiger partial charge in [-0.3, -0.25) is 4.79 Å². The van der Waals surface area contributed by atoms with Crippen LogP contribution < -0.4 is 0 Å². The number of aryl methyl sites for hydroxylation is 1. The van der Waals surface area contributed by atoms with E-state index in [1.54, 1.807) is 13.8 Å². The molecule has 1 aliphatic heterocycles. The Bertz CT molecular complexity index is 639. The van der Waals surface area contributed by atoms with Gasteiger partial charge in [0.25, 0.3) is 0 Å². The van der Waals surface area contributed by atoms with Crippen molar-refractivity contribution < 1.29 is 9.32 Å². The minimum absolute atomic E-state index is 0.168. The molecule has 1 amide bonds. The van der Waals surface area contributed by atoms with Gasteiger partial charge >= 0.3 is 0 Å². The second-order valence-corrected chi connectivity index (χ2v) is 6.53. The highest BCUT2D eigenvalue weighted by molar-refractivity contribution is 8.00. The zero-order valence-corrected chi connectivity index (χ0v) is 12.9. The monoisotopic (exact) mass is 303 g/mol. The predicted molar refractivity (Wildman–Crippen MR) is 81.0 cm³/mol. The summed E-state index contributed by atoms with van der Waals surface area (Å²) in [6.45, 7) is 5.12. The molecule has 0 aliphatic carbocycles. The smallest absolute Gasteiger partial charge is 0.223 e. The average Bonchev–Trinajstić information content (AvgIpc) is 3.09. The van der Waals surface area contributed by atoms with Gasteiger partial charge in [0.15, 0.2) is 0 Å². The molecular formula is C15H17N3O2S. The molecule has 0 bridgehead atoms. The maximum Gasteiger partial charge on any atom is 0.223 e. The molecule has 1 aliphatic rings. The Kier molecular flexibility index (Phi) is 3.96. The van der Waals surface area contributed by atoms with Crippen LogP contribution >= 0.6 is 11.8 Å². The minimum atomic E-state index is 0.168. The molecule has 21 heavy (non-hydrogen) atoms. The van der Waals surface area contributed by atoms with Crippen molar-refractivity contribution in [2.45, 2.75) is 30.4 Å². The molecule has 1 aromatic heterocycles. The van der Waals surface area contributed by atoms with E-state index in [0.29, 0.717) is 17.0 Å². The van der Waals surface area contributed by atoms with Crippen molar-refractivity contribution in [3.05, 3.63) is 30.2 Å². The van der Waals surface area contributed by atoms with Gasteiger partial charge in [0.2, 0.25) is 17.6 Å². The number of hydrogen-bond donors (Lipinski definition) is 0. The highest BCUT2D eigenvalue weighted by Gasteiger charge is 2.24. The van der Waals surface area contributed by atoms with E-state index in [0.717, 1.165) is 25.1 Å². The SMILES string of the molecule is CC(=O)N1CC[C@@H](Sc2ccc(-c3noc(C)n3)cc2)C1. The van der Waals surface area contributed by atoms with Gasteiger partial charge in [-0.25, -0.2) is 0 Å². The molecule has 0 unspecified atom stereocenters. The maximum absolute atomic E-state index is 11.3. The third kappa shape index (κ3) is 3.26. The van der Waals surface area contributed by atoms with Crippen molar-refractivity contribution in [3.63, 3.8) is 0 Å². The first-order valence-electron chi connectivity index (χ1n) is 6.95. The first-order chi connectivity index (χ1) is 10.1. The van der Waals surface area contributed by atoms with E-state index in [2.05, 4.69) is 22.3 Å². The lowest BCUT2D eigenvalue weighted by atomic mass is 10.2. The maximum atomic E-state index is 11.3. The fourth-order valence-electron chi connectivity index (χ4n) is 2.40. The van der Waals surface area contributed by atoms with Crippen molar-refractivity contribution in [3.8, 4) is 11.4 Å². The zero-order valence-electron chi connectivity index (χ0n) is 12.1. The van der Waals surface area contributed by atoms with Gasteiger partial charge in [-0.1, -0.05) is 5.16 Å². The van der Waals surface area contributed by atoms with Crippen molar-refractivity contribution in [1.82, 2.24) is 15.0 Å². The Morgan fingerprint density at radius 2 is 2.14 bits per heavy atom. The Morgan fingerprint density at radius 3 is 2.71 bits per heavy atom. The number of aromatic nitrogens is 2. The largest absolute Gasteiger partial charge is 0.342 e. The van der Waals surface area contributed by atoms with Gasteiger partial charge < -0.3 is 9.42 Å². The number of rotatable bonds is 3. The van der Waals surface area contributed by atoms with Crippen LogP contribution in [-0.4, -0.2) is 39.3 Å². The Labute approximate surface area is 127 Å². The van der Waals surface area contributed by atoms with Crippen LogP contribution in [0.1, 0.15) is 19.2 Å². The number of amides is 1. The molecule has 0 spiro atoms. The van der Waals surface area contributed by atoms with Crippen LogP contribution in [0.15, 0.2) is 33.7 Å². The molecule has 2 aromatic rings. The standard InChI is InChI=1S/C15H17N3O2S/c1-10-16-15(17-20-10)12-3-5-13(6-4-12)21-14-7-8-18(9-14)11(2)19/h3-6,14H,7-9H2,1-2H3/t14-/m1/s1. The molecule has 1 fully saturated rings. The van der Waals surface area contributed by atoms with Gasteiger partial charge in [0.05, 0.1) is 0 Å². The number of nitrogens with zero attached hydrogens (tertiary/aromatic N) is 3. The molecule has 2 heterocycles. The fraction of sp³-hybridized carbons (Fsp3) is 0.400. The molecular weight excluding hydrogens is 286 g/mol. The molecule has 110 valence electrons. The van der Waals surface area contributed by atoms with E-state index in [9.17, 15) is 4.79 Å². The summed E-state index contributed by atoms with van der Waals surface area (Å²) in [4.78, 5) is 18.7. The number of benzene rings is 1. The normalized spacial score (nSPS) is 18.2. The summed E-state index contributed by atoms with van der Waals surface area (Å²) in [6.07, 6.45) is 1.05. The Morgan fingerprint density at radius 1 is 1.38 bits per heavy atom.